The van der Waals surface area contributed by atoms with Crippen molar-refractivity contribution in [2.24, 2.45) is 12.5 Å². The summed E-state index contributed by atoms with van der Waals surface area (Å²) in [5.41, 5.74) is 0.0489. The van der Waals surface area contributed by atoms with Crippen LogP contribution < -0.4 is 0 Å². The number of hydrogen-bond acceptors (Lipinski definition) is 5. The Morgan fingerprint density at radius 2 is 1.97 bits per heavy atom. The summed E-state index contributed by atoms with van der Waals surface area (Å²) < 4.78 is 39.6. The van der Waals surface area contributed by atoms with Crippen LogP contribution in [0.4, 0.5) is 18.0 Å². The highest BCUT2D eigenvalue weighted by Crippen LogP contribution is 2.34. The van der Waals surface area contributed by atoms with E-state index < -0.39 is 12.1 Å². The number of hydrogen-bond donors (Lipinski definition) is 1. The fourth-order valence-corrected chi connectivity index (χ4v) is 3.60. The molecular formula is C18H28F3N5O4. The number of nitrogens with zero attached hydrogens (tertiary/aromatic N) is 5. The number of ether oxygens (including phenoxy) is 1. The van der Waals surface area contributed by atoms with Crippen molar-refractivity contribution in [3.63, 3.8) is 0 Å². The molecule has 0 aliphatic carbocycles. The number of aromatic nitrogens is 2. The number of rotatable bonds is 2. The van der Waals surface area contributed by atoms with E-state index >= 15 is 0 Å². The number of urea groups is 1. The number of halogens is 3. The summed E-state index contributed by atoms with van der Waals surface area (Å²) in [5, 5.41) is 7.12. The smallest absolute Gasteiger partial charge is 0.475 e. The monoisotopic (exact) mass is 435 g/mol. The number of imidazole rings is 1. The van der Waals surface area contributed by atoms with E-state index in [1.165, 1.54) is 0 Å². The average Bonchev–Trinajstić information content (AvgIpc) is 3.16. The van der Waals surface area contributed by atoms with Gasteiger partial charge in [-0.25, -0.2) is 14.6 Å². The van der Waals surface area contributed by atoms with Crippen LogP contribution in [0.15, 0.2) is 12.4 Å². The molecule has 1 aromatic rings. The fraction of sp³-hybridized carbons (Fsp3) is 0.722. The minimum absolute atomic E-state index is 0.0489. The molecule has 2 saturated heterocycles. The van der Waals surface area contributed by atoms with Gasteiger partial charge >= 0.3 is 18.2 Å². The first kappa shape index (κ1) is 23.9. The van der Waals surface area contributed by atoms with Crippen LogP contribution in [0.2, 0.25) is 0 Å². The lowest BCUT2D eigenvalue weighted by atomic mass is 9.87. The van der Waals surface area contributed by atoms with Crippen molar-refractivity contribution in [2.75, 3.05) is 53.5 Å². The van der Waals surface area contributed by atoms with Gasteiger partial charge in [0.25, 0.3) is 0 Å². The third-order valence-corrected chi connectivity index (χ3v) is 5.14. The largest absolute Gasteiger partial charge is 0.490 e. The molecule has 1 spiro atoms. The molecule has 0 aromatic carbocycles. The quantitative estimate of drug-likeness (QED) is 0.752. The Morgan fingerprint density at radius 3 is 2.50 bits per heavy atom. The molecule has 1 aromatic heterocycles. The van der Waals surface area contributed by atoms with Crippen molar-refractivity contribution in [2.45, 2.75) is 19.1 Å². The first-order valence-electron chi connectivity index (χ1n) is 9.46. The third kappa shape index (κ3) is 6.33. The number of carbonyl (C=O) groups is 2. The molecule has 0 radical (unpaired) electrons. The lowest BCUT2D eigenvalue weighted by Crippen LogP contribution is -2.46. The normalized spacial score (nSPS) is 22.4. The van der Waals surface area contributed by atoms with E-state index in [0.29, 0.717) is 13.2 Å². The first-order valence-corrected chi connectivity index (χ1v) is 9.46. The third-order valence-electron chi connectivity index (χ3n) is 5.14. The van der Waals surface area contributed by atoms with Crippen LogP contribution in [0.1, 0.15) is 12.2 Å². The number of carbonyl (C=O) groups excluding carboxylic acids is 1. The summed E-state index contributed by atoms with van der Waals surface area (Å²) >= 11 is 0. The molecule has 9 nitrogen and oxygen atoms in total. The number of amides is 2. The predicted molar refractivity (Wildman–Crippen MR) is 101 cm³/mol. The minimum atomic E-state index is -5.08. The minimum Gasteiger partial charge on any atom is -0.475 e. The molecule has 2 amide bonds. The van der Waals surface area contributed by atoms with Crippen molar-refractivity contribution in [1.29, 1.82) is 0 Å². The Kier molecular flexibility index (Phi) is 7.70. The molecule has 1 unspecified atom stereocenters. The summed E-state index contributed by atoms with van der Waals surface area (Å²) in [6.45, 7) is 5.66. The number of likely N-dealkylation sites (tertiary alicyclic amines) is 1. The van der Waals surface area contributed by atoms with Crippen LogP contribution in [0.5, 0.6) is 0 Å². The van der Waals surface area contributed by atoms with Gasteiger partial charge in [-0.15, -0.1) is 0 Å². The Bertz CT molecular complexity index is 740. The Labute approximate surface area is 173 Å². The zero-order chi connectivity index (χ0) is 22.5. The van der Waals surface area contributed by atoms with Crippen LogP contribution in [0.25, 0.3) is 0 Å². The van der Waals surface area contributed by atoms with Gasteiger partial charge in [-0.1, -0.05) is 0 Å². The average molecular weight is 435 g/mol. The van der Waals surface area contributed by atoms with Gasteiger partial charge in [0, 0.05) is 58.6 Å². The zero-order valence-corrected chi connectivity index (χ0v) is 17.4. The summed E-state index contributed by atoms with van der Waals surface area (Å²) in [6.07, 6.45) is -0.199. The number of aliphatic carboxylic acids is 1. The second-order valence-corrected chi connectivity index (χ2v) is 7.87. The predicted octanol–water partition coefficient (Wildman–Crippen LogP) is 1.26. The van der Waals surface area contributed by atoms with E-state index in [-0.39, 0.29) is 11.4 Å². The van der Waals surface area contributed by atoms with Crippen molar-refractivity contribution in [3.05, 3.63) is 18.2 Å². The van der Waals surface area contributed by atoms with E-state index in [2.05, 4.69) is 14.5 Å². The zero-order valence-electron chi connectivity index (χ0n) is 17.4. The fourth-order valence-electron chi connectivity index (χ4n) is 3.60. The van der Waals surface area contributed by atoms with Crippen LogP contribution in [0, 0.1) is 5.41 Å². The highest BCUT2D eigenvalue weighted by atomic mass is 19.4. The summed E-state index contributed by atoms with van der Waals surface area (Å²) in [7, 11) is 5.64. The van der Waals surface area contributed by atoms with Crippen LogP contribution in [0.3, 0.4) is 0 Å². The van der Waals surface area contributed by atoms with Crippen molar-refractivity contribution >= 4 is 12.0 Å². The first-order chi connectivity index (χ1) is 13.9. The SMILES string of the molecule is CN(C)C(=O)N1CCOCC2(CCN(Cc3nccn3C)C2)C1.O=C(O)C(F)(F)F. The Balaban J connectivity index is 0.000000396. The highest BCUT2D eigenvalue weighted by Gasteiger charge is 2.42. The van der Waals surface area contributed by atoms with Crippen LogP contribution in [-0.2, 0) is 23.1 Å². The van der Waals surface area contributed by atoms with Gasteiger partial charge in [-0.3, -0.25) is 4.90 Å². The van der Waals surface area contributed by atoms with Crippen LogP contribution in [-0.4, -0.2) is 101 Å². The van der Waals surface area contributed by atoms with E-state index in [9.17, 15) is 18.0 Å². The molecule has 12 heteroatoms. The van der Waals surface area contributed by atoms with Gasteiger partial charge in [0.1, 0.15) is 5.82 Å². The lowest BCUT2D eigenvalue weighted by Gasteiger charge is -2.33. The summed E-state index contributed by atoms with van der Waals surface area (Å²) in [5.74, 6) is -1.68. The number of carboxylic acids is 1. The molecule has 0 bridgehead atoms. The number of carboxylic acid groups (broad SMARTS) is 1. The number of aryl methyl sites for hydroxylation is 1. The molecule has 3 rings (SSSR count). The van der Waals surface area contributed by atoms with E-state index in [1.807, 2.05) is 38.4 Å². The molecule has 3 heterocycles. The molecule has 1 atom stereocenters. The maximum Gasteiger partial charge on any atom is 0.490 e. The maximum absolute atomic E-state index is 12.3. The Morgan fingerprint density at radius 1 is 1.30 bits per heavy atom. The molecule has 30 heavy (non-hydrogen) atoms. The topological polar surface area (TPSA) is 91.1 Å². The van der Waals surface area contributed by atoms with Gasteiger partial charge in [-0.05, 0) is 13.0 Å². The summed E-state index contributed by atoms with van der Waals surface area (Å²) in [6, 6.07) is 0.0810. The molecule has 2 fully saturated rings. The maximum atomic E-state index is 12.3. The molecule has 2 aliphatic rings. The number of alkyl halides is 3. The Hall–Kier alpha value is -2.34. The van der Waals surface area contributed by atoms with Gasteiger partial charge in [0.15, 0.2) is 0 Å². The van der Waals surface area contributed by atoms with Gasteiger partial charge in [-0.2, -0.15) is 13.2 Å². The van der Waals surface area contributed by atoms with Gasteiger partial charge in [0.05, 0.1) is 19.8 Å². The second kappa shape index (κ2) is 9.65. The standard InChI is InChI=1S/C16H27N5O2.C2HF3O2/c1-18(2)15(22)21-8-9-23-13-16(12-21)4-6-20(11-16)10-14-17-5-7-19(14)3;3-2(4,5)1(6)7/h5,7H,4,6,8-13H2,1-3H3;(H,6,7). The van der Waals surface area contributed by atoms with Gasteiger partial charge in [0.2, 0.25) is 0 Å². The van der Waals surface area contributed by atoms with Crippen molar-refractivity contribution in [3.8, 4) is 0 Å². The summed E-state index contributed by atoms with van der Waals surface area (Å²) in [4.78, 5) is 31.7. The van der Waals surface area contributed by atoms with Crippen LogP contribution >= 0.6 is 0 Å². The van der Waals surface area contributed by atoms with Crippen molar-refractivity contribution in [1.82, 2.24) is 24.3 Å². The lowest BCUT2D eigenvalue weighted by molar-refractivity contribution is -0.192. The van der Waals surface area contributed by atoms with Crippen molar-refractivity contribution < 1.29 is 32.6 Å². The molecular weight excluding hydrogens is 407 g/mol. The molecule has 2 aliphatic heterocycles. The second-order valence-electron chi connectivity index (χ2n) is 7.87. The molecule has 1 N–H and O–H groups in total. The van der Waals surface area contributed by atoms with E-state index in [0.717, 1.165) is 45.0 Å². The molecule has 170 valence electrons. The van der Waals surface area contributed by atoms with E-state index in [4.69, 9.17) is 14.6 Å². The highest BCUT2D eigenvalue weighted by molar-refractivity contribution is 5.74. The van der Waals surface area contributed by atoms with Gasteiger partial charge < -0.3 is 24.2 Å². The molecule has 0 saturated carbocycles. The van der Waals surface area contributed by atoms with E-state index in [1.54, 1.807) is 4.90 Å².